The topological polar surface area (TPSA) is 55.5 Å². The second-order valence-electron chi connectivity index (χ2n) is 5.09. The minimum Gasteiger partial charge on any atom is -0.489 e. The molecule has 1 unspecified atom stereocenters. The summed E-state index contributed by atoms with van der Waals surface area (Å²) in [5.41, 5.74) is 10.2. The lowest BCUT2D eigenvalue weighted by atomic mass is 10.1. The van der Waals surface area contributed by atoms with Crippen molar-refractivity contribution in [1.29, 1.82) is 0 Å². The lowest BCUT2D eigenvalue weighted by Crippen LogP contribution is -2.08. The molecule has 106 valence electrons. The minimum absolute atomic E-state index is 0.0540. The summed E-state index contributed by atoms with van der Waals surface area (Å²) in [6.45, 7) is 4.56. The molecule has 0 spiro atoms. The molecule has 0 heterocycles. The zero-order valence-corrected chi connectivity index (χ0v) is 12.0. The molecule has 0 saturated carbocycles. The van der Waals surface area contributed by atoms with Gasteiger partial charge in [-0.15, -0.1) is 0 Å². The number of aryl methyl sites for hydroxylation is 1. The molecule has 0 fully saturated rings. The molecule has 0 bridgehead atoms. The van der Waals surface area contributed by atoms with Crippen LogP contribution in [0, 0.1) is 6.92 Å². The Balaban J connectivity index is 2.10. The number of benzene rings is 2. The van der Waals surface area contributed by atoms with Crippen molar-refractivity contribution in [2.24, 2.45) is 5.73 Å². The number of ether oxygens (including phenoxy) is 1. The molecule has 3 heteroatoms. The van der Waals surface area contributed by atoms with E-state index < -0.39 is 0 Å². The van der Waals surface area contributed by atoms with E-state index in [2.05, 4.69) is 6.07 Å². The van der Waals surface area contributed by atoms with E-state index in [1.807, 2.05) is 50.2 Å². The zero-order valence-electron chi connectivity index (χ0n) is 12.0. The van der Waals surface area contributed by atoms with Crippen LogP contribution in [-0.4, -0.2) is 5.11 Å². The van der Waals surface area contributed by atoms with Crippen LogP contribution in [0.15, 0.2) is 42.5 Å². The van der Waals surface area contributed by atoms with E-state index in [9.17, 15) is 0 Å². The fourth-order valence-corrected chi connectivity index (χ4v) is 2.06. The number of hydrogen-bond acceptors (Lipinski definition) is 3. The fourth-order valence-electron chi connectivity index (χ4n) is 2.06. The van der Waals surface area contributed by atoms with Gasteiger partial charge in [0.2, 0.25) is 0 Å². The summed E-state index contributed by atoms with van der Waals surface area (Å²) in [6.07, 6.45) is 0. The molecular formula is C17H21NO2. The molecule has 2 rings (SSSR count). The Morgan fingerprint density at radius 3 is 2.35 bits per heavy atom. The van der Waals surface area contributed by atoms with Gasteiger partial charge < -0.3 is 15.6 Å². The quantitative estimate of drug-likeness (QED) is 0.878. The van der Waals surface area contributed by atoms with Crippen LogP contribution in [0.2, 0.25) is 0 Å². The average Bonchev–Trinajstić information content (AvgIpc) is 2.46. The smallest absolute Gasteiger partial charge is 0.124 e. The Kier molecular flexibility index (Phi) is 4.77. The molecule has 1 atom stereocenters. The highest BCUT2D eigenvalue weighted by molar-refractivity contribution is 5.39. The summed E-state index contributed by atoms with van der Waals surface area (Å²) in [5, 5.41) is 9.01. The summed E-state index contributed by atoms with van der Waals surface area (Å²) >= 11 is 0. The van der Waals surface area contributed by atoms with Crippen molar-refractivity contribution in [3.05, 3.63) is 64.7 Å². The van der Waals surface area contributed by atoms with Gasteiger partial charge in [0.15, 0.2) is 0 Å². The SMILES string of the molecule is Cc1ccc(OCc2ccc(CO)cc2)c(C(C)N)c1. The summed E-state index contributed by atoms with van der Waals surface area (Å²) in [5.74, 6) is 0.830. The van der Waals surface area contributed by atoms with Crippen LogP contribution in [0.3, 0.4) is 0 Å². The third-order valence-corrected chi connectivity index (χ3v) is 3.26. The van der Waals surface area contributed by atoms with Crippen LogP contribution in [0.1, 0.15) is 35.2 Å². The second kappa shape index (κ2) is 6.55. The first-order valence-corrected chi connectivity index (χ1v) is 6.77. The largest absolute Gasteiger partial charge is 0.489 e. The molecule has 20 heavy (non-hydrogen) atoms. The van der Waals surface area contributed by atoms with E-state index in [1.165, 1.54) is 5.56 Å². The molecule has 0 saturated heterocycles. The Hall–Kier alpha value is -1.84. The lowest BCUT2D eigenvalue weighted by Gasteiger charge is -2.15. The van der Waals surface area contributed by atoms with E-state index in [0.717, 1.165) is 22.4 Å². The van der Waals surface area contributed by atoms with Crippen LogP contribution in [0.25, 0.3) is 0 Å². The maximum Gasteiger partial charge on any atom is 0.124 e. The predicted molar refractivity (Wildman–Crippen MR) is 80.5 cm³/mol. The van der Waals surface area contributed by atoms with Gasteiger partial charge in [0.1, 0.15) is 12.4 Å². The first-order chi connectivity index (χ1) is 9.60. The van der Waals surface area contributed by atoms with Crippen LogP contribution in [0.5, 0.6) is 5.75 Å². The molecule has 3 nitrogen and oxygen atoms in total. The van der Waals surface area contributed by atoms with Crippen molar-refractivity contribution >= 4 is 0 Å². The standard InChI is InChI=1S/C17H21NO2/c1-12-3-8-17(16(9-12)13(2)18)20-11-15-6-4-14(10-19)5-7-15/h3-9,13,19H,10-11,18H2,1-2H3. The van der Waals surface area contributed by atoms with Crippen molar-refractivity contribution in [3.63, 3.8) is 0 Å². The van der Waals surface area contributed by atoms with Gasteiger partial charge in [-0.1, -0.05) is 42.0 Å². The molecule has 3 N–H and O–H groups in total. The number of aliphatic hydroxyl groups excluding tert-OH is 1. The van der Waals surface area contributed by atoms with Crippen molar-refractivity contribution < 1.29 is 9.84 Å². The molecule has 0 aliphatic rings. The lowest BCUT2D eigenvalue weighted by molar-refractivity contribution is 0.281. The maximum atomic E-state index is 9.01. The summed E-state index contributed by atoms with van der Waals surface area (Å²) < 4.78 is 5.87. The normalized spacial score (nSPS) is 12.2. The fraction of sp³-hybridized carbons (Fsp3) is 0.294. The molecular weight excluding hydrogens is 250 g/mol. The van der Waals surface area contributed by atoms with Crippen LogP contribution >= 0.6 is 0 Å². The zero-order chi connectivity index (χ0) is 14.5. The van der Waals surface area contributed by atoms with Crippen molar-refractivity contribution in [3.8, 4) is 5.75 Å². The summed E-state index contributed by atoms with van der Waals surface area (Å²) in [4.78, 5) is 0. The first-order valence-electron chi connectivity index (χ1n) is 6.77. The van der Waals surface area contributed by atoms with Gasteiger partial charge in [-0.25, -0.2) is 0 Å². The molecule has 0 radical (unpaired) electrons. The van der Waals surface area contributed by atoms with E-state index in [-0.39, 0.29) is 12.6 Å². The number of aliphatic hydroxyl groups is 1. The molecule has 2 aromatic rings. The first kappa shape index (κ1) is 14.6. The Morgan fingerprint density at radius 1 is 1.10 bits per heavy atom. The summed E-state index contributed by atoms with van der Waals surface area (Å²) in [6, 6.07) is 13.7. The average molecular weight is 271 g/mol. The van der Waals surface area contributed by atoms with Gasteiger partial charge in [-0.3, -0.25) is 0 Å². The maximum absolute atomic E-state index is 9.01. The monoisotopic (exact) mass is 271 g/mol. The highest BCUT2D eigenvalue weighted by Crippen LogP contribution is 2.25. The molecule has 2 aromatic carbocycles. The van der Waals surface area contributed by atoms with Gasteiger partial charge >= 0.3 is 0 Å². The van der Waals surface area contributed by atoms with Crippen LogP contribution < -0.4 is 10.5 Å². The van der Waals surface area contributed by atoms with Crippen LogP contribution in [-0.2, 0) is 13.2 Å². The van der Waals surface area contributed by atoms with E-state index in [4.69, 9.17) is 15.6 Å². The Morgan fingerprint density at radius 2 is 1.75 bits per heavy atom. The van der Waals surface area contributed by atoms with Crippen molar-refractivity contribution in [2.75, 3.05) is 0 Å². The molecule has 0 aliphatic heterocycles. The van der Waals surface area contributed by atoms with Gasteiger partial charge in [-0.2, -0.15) is 0 Å². The van der Waals surface area contributed by atoms with Gasteiger partial charge in [0, 0.05) is 11.6 Å². The second-order valence-corrected chi connectivity index (χ2v) is 5.09. The highest BCUT2D eigenvalue weighted by Gasteiger charge is 2.08. The van der Waals surface area contributed by atoms with E-state index in [1.54, 1.807) is 0 Å². The number of hydrogen-bond donors (Lipinski definition) is 2. The highest BCUT2D eigenvalue weighted by atomic mass is 16.5. The van der Waals surface area contributed by atoms with Crippen molar-refractivity contribution in [2.45, 2.75) is 33.1 Å². The Labute approximate surface area is 120 Å². The number of nitrogens with two attached hydrogens (primary N) is 1. The van der Waals surface area contributed by atoms with Gasteiger partial charge in [0.25, 0.3) is 0 Å². The Bertz CT molecular complexity index is 562. The van der Waals surface area contributed by atoms with Gasteiger partial charge in [0.05, 0.1) is 6.61 Å². The van der Waals surface area contributed by atoms with E-state index in [0.29, 0.717) is 6.61 Å². The third kappa shape index (κ3) is 3.59. The van der Waals surface area contributed by atoms with Gasteiger partial charge in [-0.05, 0) is 31.0 Å². The molecule has 0 aromatic heterocycles. The van der Waals surface area contributed by atoms with Crippen molar-refractivity contribution in [1.82, 2.24) is 0 Å². The number of rotatable bonds is 5. The van der Waals surface area contributed by atoms with Crippen LogP contribution in [0.4, 0.5) is 0 Å². The molecule has 0 aliphatic carbocycles. The third-order valence-electron chi connectivity index (χ3n) is 3.26. The van der Waals surface area contributed by atoms with E-state index >= 15 is 0 Å². The summed E-state index contributed by atoms with van der Waals surface area (Å²) in [7, 11) is 0. The minimum atomic E-state index is -0.0540. The predicted octanol–water partition coefficient (Wildman–Crippen LogP) is 3.09. The molecule has 0 amide bonds.